The molecule has 0 saturated carbocycles. The van der Waals surface area contributed by atoms with Gasteiger partial charge in [0.1, 0.15) is 17.5 Å². The number of hydrogen-bond acceptors (Lipinski definition) is 3. The molecule has 0 bridgehead atoms. The van der Waals surface area contributed by atoms with E-state index >= 15 is 0 Å². The highest BCUT2D eigenvalue weighted by atomic mass is 19.3. The van der Waals surface area contributed by atoms with E-state index < -0.39 is 12.7 Å². The Morgan fingerprint density at radius 3 is 2.73 bits per heavy atom. The molecule has 0 spiro atoms. The fourth-order valence-corrected chi connectivity index (χ4v) is 2.73. The number of benzene rings is 1. The van der Waals surface area contributed by atoms with E-state index in [2.05, 4.69) is 21.6 Å². The Morgan fingerprint density at radius 1 is 1.23 bits per heavy atom. The van der Waals surface area contributed by atoms with Gasteiger partial charge in [0.05, 0.1) is 5.69 Å². The number of aryl methyl sites for hydroxylation is 1. The van der Waals surface area contributed by atoms with Gasteiger partial charge in [-0.05, 0) is 32.0 Å². The van der Waals surface area contributed by atoms with E-state index in [0.29, 0.717) is 12.0 Å². The third-order valence-electron chi connectivity index (χ3n) is 3.89. The van der Waals surface area contributed by atoms with Crippen LogP contribution in [0, 0.1) is 18.8 Å². The molecule has 134 valence electrons. The minimum Gasteiger partial charge on any atom is -0.435 e. The van der Waals surface area contributed by atoms with E-state index in [1.54, 1.807) is 25.1 Å². The van der Waals surface area contributed by atoms with Crippen LogP contribution in [0.25, 0.3) is 5.65 Å². The number of aromatic nitrogens is 2. The quantitative estimate of drug-likeness (QED) is 0.727. The van der Waals surface area contributed by atoms with Crippen LogP contribution in [0.4, 0.5) is 8.78 Å². The van der Waals surface area contributed by atoms with Crippen molar-refractivity contribution in [2.45, 2.75) is 33.0 Å². The summed E-state index contributed by atoms with van der Waals surface area (Å²) in [6.45, 7) is 0.597. The molecule has 1 atom stereocenters. The Kier molecular flexibility index (Phi) is 5.19. The first-order valence-electron chi connectivity index (χ1n) is 8.14. The monoisotopic (exact) mass is 356 g/mol. The van der Waals surface area contributed by atoms with E-state index in [-0.39, 0.29) is 5.75 Å². The fraction of sp³-hybridized carbons (Fsp3) is 0.250. The molecule has 3 aromatic rings. The summed E-state index contributed by atoms with van der Waals surface area (Å²) < 4.78 is 31.8. The zero-order chi connectivity index (χ0) is 18.7. The normalized spacial score (nSPS) is 12.1. The summed E-state index contributed by atoms with van der Waals surface area (Å²) in [4.78, 5) is 4.51. The van der Waals surface area contributed by atoms with Gasteiger partial charge >= 0.3 is 6.61 Å². The van der Waals surface area contributed by atoms with Gasteiger partial charge in [0.25, 0.3) is 0 Å². The molecule has 0 amide bonds. The maximum Gasteiger partial charge on any atom is 0.387 e. The highest BCUT2D eigenvalue weighted by molar-refractivity contribution is 5.49. The van der Waals surface area contributed by atoms with Crippen molar-refractivity contribution in [3.63, 3.8) is 0 Å². The molecule has 2 heterocycles. The molecule has 6 heteroatoms. The molecule has 0 saturated heterocycles. The second kappa shape index (κ2) is 7.54. The van der Waals surface area contributed by atoms with Gasteiger partial charge in [0, 0.05) is 29.4 Å². The van der Waals surface area contributed by atoms with E-state index in [9.17, 15) is 13.9 Å². The number of aliphatic hydroxyl groups excluding tert-OH is 1. The molecule has 0 fully saturated rings. The topological polar surface area (TPSA) is 46.8 Å². The summed E-state index contributed by atoms with van der Waals surface area (Å²) in [6.07, 6.45) is 1.51. The van der Waals surface area contributed by atoms with Crippen LogP contribution in [0.15, 0.2) is 42.6 Å². The minimum absolute atomic E-state index is 0.155. The first-order chi connectivity index (χ1) is 12.4. The molecule has 0 aliphatic carbocycles. The lowest BCUT2D eigenvalue weighted by molar-refractivity contribution is -0.0503. The Labute approximate surface area is 150 Å². The number of fused-ring (bicyclic) bond motifs is 1. The van der Waals surface area contributed by atoms with Gasteiger partial charge in [-0.3, -0.25) is 0 Å². The number of halogens is 2. The van der Waals surface area contributed by atoms with Crippen LogP contribution in [-0.2, 0) is 6.42 Å². The zero-order valence-electron chi connectivity index (χ0n) is 14.4. The van der Waals surface area contributed by atoms with Gasteiger partial charge in [-0.1, -0.05) is 30.0 Å². The largest absolute Gasteiger partial charge is 0.435 e. The number of para-hydroxylation sites is 1. The summed E-state index contributed by atoms with van der Waals surface area (Å²) in [5.74, 6) is 5.76. The third-order valence-corrected chi connectivity index (χ3v) is 3.89. The van der Waals surface area contributed by atoms with Gasteiger partial charge < -0.3 is 14.2 Å². The second-order valence-corrected chi connectivity index (χ2v) is 5.90. The highest BCUT2D eigenvalue weighted by Crippen LogP contribution is 2.25. The number of rotatable bonds is 4. The molecule has 1 unspecified atom stereocenters. The number of ether oxygens (including phenoxy) is 1. The van der Waals surface area contributed by atoms with Crippen LogP contribution >= 0.6 is 0 Å². The lowest BCUT2D eigenvalue weighted by Gasteiger charge is -2.11. The highest BCUT2D eigenvalue weighted by Gasteiger charge is 2.14. The SMILES string of the molecule is Cc1nc2ccc(C#CC(C)O)cn2c1Cc1ccccc1OC(F)F. The smallest absolute Gasteiger partial charge is 0.387 e. The number of aliphatic hydroxyl groups is 1. The summed E-state index contributed by atoms with van der Waals surface area (Å²) in [5.41, 5.74) is 3.79. The van der Waals surface area contributed by atoms with Gasteiger partial charge in [-0.25, -0.2) is 4.98 Å². The van der Waals surface area contributed by atoms with Crippen LogP contribution in [0.5, 0.6) is 5.75 Å². The van der Waals surface area contributed by atoms with Crippen molar-refractivity contribution >= 4 is 5.65 Å². The predicted octanol–water partition coefficient (Wildman–Crippen LogP) is 3.57. The average molecular weight is 356 g/mol. The molecule has 26 heavy (non-hydrogen) atoms. The summed E-state index contributed by atoms with van der Waals surface area (Å²) >= 11 is 0. The predicted molar refractivity (Wildman–Crippen MR) is 94.4 cm³/mol. The van der Waals surface area contributed by atoms with Gasteiger partial charge in [0.15, 0.2) is 0 Å². The number of imidazole rings is 1. The van der Waals surface area contributed by atoms with E-state index in [4.69, 9.17) is 0 Å². The number of nitrogens with zero attached hydrogens (tertiary/aromatic N) is 2. The first kappa shape index (κ1) is 17.9. The van der Waals surface area contributed by atoms with Crippen LogP contribution in [0.1, 0.15) is 29.4 Å². The van der Waals surface area contributed by atoms with Crippen LogP contribution in [0.3, 0.4) is 0 Å². The van der Waals surface area contributed by atoms with E-state index in [1.165, 1.54) is 6.07 Å². The van der Waals surface area contributed by atoms with Crippen molar-refractivity contribution in [2.75, 3.05) is 0 Å². The first-order valence-corrected chi connectivity index (χ1v) is 8.14. The van der Waals surface area contributed by atoms with Crippen molar-refractivity contribution < 1.29 is 18.6 Å². The molecule has 1 aromatic carbocycles. The zero-order valence-corrected chi connectivity index (χ0v) is 14.4. The van der Waals surface area contributed by atoms with Gasteiger partial charge in [-0.2, -0.15) is 8.78 Å². The van der Waals surface area contributed by atoms with Crippen LogP contribution in [-0.4, -0.2) is 27.2 Å². The van der Waals surface area contributed by atoms with E-state index in [1.807, 2.05) is 29.7 Å². The Morgan fingerprint density at radius 2 is 2.00 bits per heavy atom. The molecule has 0 aliphatic rings. The van der Waals surface area contributed by atoms with Gasteiger partial charge in [-0.15, -0.1) is 0 Å². The maximum atomic E-state index is 12.6. The summed E-state index contributed by atoms with van der Waals surface area (Å²) in [7, 11) is 0. The summed E-state index contributed by atoms with van der Waals surface area (Å²) in [5, 5.41) is 9.32. The molecule has 1 N–H and O–H groups in total. The third kappa shape index (κ3) is 4.01. The average Bonchev–Trinajstić information content (AvgIpc) is 2.89. The van der Waals surface area contributed by atoms with Crippen LogP contribution in [0.2, 0.25) is 0 Å². The lowest BCUT2D eigenvalue weighted by atomic mass is 10.1. The Hall–Kier alpha value is -2.91. The van der Waals surface area contributed by atoms with Crippen molar-refractivity contribution in [3.8, 4) is 17.6 Å². The van der Waals surface area contributed by atoms with E-state index in [0.717, 1.165) is 22.6 Å². The minimum atomic E-state index is -2.87. The molecule has 4 nitrogen and oxygen atoms in total. The Balaban J connectivity index is 2.02. The molecule has 2 aromatic heterocycles. The number of hydrogen-bond donors (Lipinski definition) is 1. The van der Waals surface area contributed by atoms with Gasteiger partial charge in [0.2, 0.25) is 0 Å². The molecular weight excluding hydrogens is 338 g/mol. The maximum absolute atomic E-state index is 12.6. The van der Waals surface area contributed by atoms with Crippen LogP contribution < -0.4 is 4.74 Å². The standard InChI is InChI=1S/C20H18F2N2O2/c1-13(25)7-8-15-9-10-19-23-14(2)17(24(19)12-15)11-16-5-3-4-6-18(16)26-20(21)22/h3-6,9-10,12-13,20,25H,11H2,1-2H3. The van der Waals surface area contributed by atoms with Crippen molar-refractivity contribution in [1.29, 1.82) is 0 Å². The fourth-order valence-electron chi connectivity index (χ4n) is 2.73. The van der Waals surface area contributed by atoms with Crippen molar-refractivity contribution in [3.05, 3.63) is 65.1 Å². The Bertz CT molecular complexity index is 984. The lowest BCUT2D eigenvalue weighted by Crippen LogP contribution is -2.05. The molecule has 0 aliphatic heterocycles. The number of alkyl halides is 2. The number of pyridine rings is 1. The van der Waals surface area contributed by atoms with Crippen molar-refractivity contribution in [1.82, 2.24) is 9.38 Å². The molecule has 3 rings (SSSR count). The molecular formula is C20H18F2N2O2. The second-order valence-electron chi connectivity index (χ2n) is 5.90. The molecule has 0 radical (unpaired) electrons. The summed E-state index contributed by atoms with van der Waals surface area (Å²) in [6, 6.07) is 10.4. The van der Waals surface area contributed by atoms with Crippen molar-refractivity contribution in [2.24, 2.45) is 0 Å².